The second kappa shape index (κ2) is 6.59. The quantitative estimate of drug-likeness (QED) is 0.744. The Morgan fingerprint density at radius 3 is 2.67 bits per heavy atom. The Morgan fingerprint density at radius 2 is 1.97 bits per heavy atom. The fraction of sp³-hybridized carbons (Fsp3) is 0.545. The zero-order chi connectivity index (χ0) is 21.3. The van der Waals surface area contributed by atoms with Crippen LogP contribution in [0.1, 0.15) is 63.7 Å². The molecule has 7 nitrogen and oxygen atoms in total. The molecule has 1 atom stereocenters. The summed E-state index contributed by atoms with van der Waals surface area (Å²) < 4.78 is 12.4. The van der Waals surface area contributed by atoms with Gasteiger partial charge in [-0.05, 0) is 64.4 Å². The SMILES string of the molecule is CC1(C)OB(c2ccc3c(c2)CCc2[nH]c(C4CCCN4C(=O)O)nc2-3)OC1(C)C. The van der Waals surface area contributed by atoms with Crippen molar-refractivity contribution in [3.63, 3.8) is 0 Å². The number of hydrogen-bond acceptors (Lipinski definition) is 4. The van der Waals surface area contributed by atoms with Crippen molar-refractivity contribution in [1.29, 1.82) is 0 Å². The molecule has 8 heteroatoms. The lowest BCUT2D eigenvalue weighted by Crippen LogP contribution is -2.41. The highest BCUT2D eigenvalue weighted by Crippen LogP contribution is 2.38. The summed E-state index contributed by atoms with van der Waals surface area (Å²) in [6.07, 6.45) is 2.58. The maximum atomic E-state index is 11.5. The third-order valence-electron chi connectivity index (χ3n) is 7.17. The van der Waals surface area contributed by atoms with Crippen molar-refractivity contribution in [3.8, 4) is 11.3 Å². The van der Waals surface area contributed by atoms with Crippen molar-refractivity contribution in [2.45, 2.75) is 70.6 Å². The van der Waals surface area contributed by atoms with E-state index in [1.165, 1.54) is 10.5 Å². The van der Waals surface area contributed by atoms with Gasteiger partial charge < -0.3 is 19.4 Å². The van der Waals surface area contributed by atoms with E-state index >= 15 is 0 Å². The molecule has 2 N–H and O–H groups in total. The van der Waals surface area contributed by atoms with E-state index in [2.05, 4.69) is 50.9 Å². The highest BCUT2D eigenvalue weighted by atomic mass is 16.7. The number of rotatable bonds is 2. The Hall–Kier alpha value is -2.32. The lowest BCUT2D eigenvalue weighted by atomic mass is 9.76. The van der Waals surface area contributed by atoms with E-state index < -0.39 is 6.09 Å². The van der Waals surface area contributed by atoms with E-state index in [4.69, 9.17) is 14.3 Å². The molecule has 2 aromatic rings. The molecule has 2 saturated heterocycles. The zero-order valence-corrected chi connectivity index (χ0v) is 18.0. The predicted octanol–water partition coefficient (Wildman–Crippen LogP) is 3.29. The molecule has 3 heterocycles. The molecule has 2 aliphatic heterocycles. The van der Waals surface area contributed by atoms with Crippen LogP contribution in [0, 0.1) is 0 Å². The molecule has 0 saturated carbocycles. The number of fused-ring (bicyclic) bond motifs is 3. The van der Waals surface area contributed by atoms with Crippen molar-refractivity contribution in [2.24, 2.45) is 0 Å². The highest BCUT2D eigenvalue weighted by molar-refractivity contribution is 6.62. The average Bonchev–Trinajstić information content (AvgIpc) is 3.37. The number of benzene rings is 1. The van der Waals surface area contributed by atoms with Gasteiger partial charge in [-0.15, -0.1) is 0 Å². The van der Waals surface area contributed by atoms with Crippen molar-refractivity contribution < 1.29 is 19.2 Å². The molecule has 3 aliphatic rings. The van der Waals surface area contributed by atoms with Crippen molar-refractivity contribution in [1.82, 2.24) is 14.9 Å². The summed E-state index contributed by atoms with van der Waals surface area (Å²) in [7, 11) is -0.376. The van der Waals surface area contributed by atoms with Gasteiger partial charge in [-0.2, -0.15) is 0 Å². The number of H-pyrrole nitrogens is 1. The number of hydrogen-bond donors (Lipinski definition) is 2. The van der Waals surface area contributed by atoms with E-state index in [0.717, 1.165) is 53.9 Å². The minimum Gasteiger partial charge on any atom is -0.465 e. The maximum absolute atomic E-state index is 11.5. The van der Waals surface area contributed by atoms with E-state index in [1.807, 2.05) is 0 Å². The van der Waals surface area contributed by atoms with E-state index in [-0.39, 0.29) is 24.4 Å². The van der Waals surface area contributed by atoms with E-state index in [0.29, 0.717) is 6.54 Å². The van der Waals surface area contributed by atoms with Gasteiger partial charge >= 0.3 is 13.2 Å². The molecule has 30 heavy (non-hydrogen) atoms. The number of amides is 1. The lowest BCUT2D eigenvalue weighted by molar-refractivity contribution is 0.00578. The average molecular weight is 409 g/mol. The molecule has 0 bridgehead atoms. The Kier molecular flexibility index (Phi) is 4.31. The van der Waals surface area contributed by atoms with Crippen molar-refractivity contribution in [2.75, 3.05) is 6.54 Å². The minimum atomic E-state index is -0.876. The number of aryl methyl sites for hydroxylation is 2. The van der Waals surface area contributed by atoms with Crippen LogP contribution >= 0.6 is 0 Å². The maximum Gasteiger partial charge on any atom is 0.494 e. The fourth-order valence-corrected chi connectivity index (χ4v) is 4.71. The van der Waals surface area contributed by atoms with Gasteiger partial charge in [0.05, 0.1) is 22.9 Å². The molecule has 2 fully saturated rings. The number of aromatic amines is 1. The Morgan fingerprint density at radius 1 is 1.23 bits per heavy atom. The molecule has 1 aromatic heterocycles. The summed E-state index contributed by atoms with van der Waals surface area (Å²) in [5, 5.41) is 9.47. The third-order valence-corrected chi connectivity index (χ3v) is 7.17. The summed E-state index contributed by atoms with van der Waals surface area (Å²) in [6, 6.07) is 6.15. The summed E-state index contributed by atoms with van der Waals surface area (Å²) in [5.74, 6) is 0.766. The first-order valence-corrected chi connectivity index (χ1v) is 10.7. The third kappa shape index (κ3) is 2.96. The Balaban J connectivity index is 1.45. The summed E-state index contributed by atoms with van der Waals surface area (Å²) in [6.45, 7) is 8.82. The summed E-state index contributed by atoms with van der Waals surface area (Å²) >= 11 is 0. The van der Waals surface area contributed by atoms with Crippen LogP contribution in [0.25, 0.3) is 11.3 Å². The van der Waals surface area contributed by atoms with Gasteiger partial charge in [-0.25, -0.2) is 9.78 Å². The normalized spacial score (nSPS) is 24.1. The number of aromatic nitrogens is 2. The van der Waals surface area contributed by atoms with Gasteiger partial charge in [0.15, 0.2) is 0 Å². The molecule has 158 valence electrons. The van der Waals surface area contributed by atoms with Crippen molar-refractivity contribution in [3.05, 3.63) is 35.3 Å². The van der Waals surface area contributed by atoms with Crippen LogP contribution in [0.3, 0.4) is 0 Å². The van der Waals surface area contributed by atoms with Crippen LogP contribution in [-0.2, 0) is 22.2 Å². The Bertz CT molecular complexity index is 1000. The van der Waals surface area contributed by atoms with Crippen LogP contribution in [0.15, 0.2) is 18.2 Å². The molecule has 0 spiro atoms. The van der Waals surface area contributed by atoms with Gasteiger partial charge in [-0.1, -0.05) is 18.2 Å². The van der Waals surface area contributed by atoms with Gasteiger partial charge in [0, 0.05) is 17.8 Å². The Labute approximate surface area is 176 Å². The summed E-state index contributed by atoms with van der Waals surface area (Å²) in [5.41, 5.74) is 4.68. The first-order valence-electron chi connectivity index (χ1n) is 10.7. The number of carbonyl (C=O) groups is 1. The smallest absolute Gasteiger partial charge is 0.465 e. The molecular weight excluding hydrogens is 381 g/mol. The second-order valence-electron chi connectivity index (χ2n) is 9.59. The standard InChI is InChI=1S/C22H28BN3O4/c1-21(2)22(3,4)30-23(29-21)14-8-9-15-13(12-14)7-10-16-18(15)25-19(24-16)17-6-5-11-26(17)20(27)28/h8-9,12,17H,5-7,10-11H2,1-4H3,(H,24,25)(H,27,28). The molecular formula is C22H28BN3O4. The van der Waals surface area contributed by atoms with Gasteiger partial charge in [0.2, 0.25) is 0 Å². The van der Waals surface area contributed by atoms with Crippen molar-refractivity contribution >= 4 is 18.7 Å². The molecule has 5 rings (SSSR count). The van der Waals surface area contributed by atoms with Gasteiger partial charge in [0.1, 0.15) is 5.82 Å². The minimum absolute atomic E-state index is 0.180. The van der Waals surface area contributed by atoms with Gasteiger partial charge in [0.25, 0.3) is 0 Å². The van der Waals surface area contributed by atoms with Gasteiger partial charge in [-0.3, -0.25) is 4.90 Å². The molecule has 0 radical (unpaired) electrons. The fourth-order valence-electron chi connectivity index (χ4n) is 4.71. The largest absolute Gasteiger partial charge is 0.494 e. The van der Waals surface area contributed by atoms with Crippen LogP contribution in [0.5, 0.6) is 0 Å². The molecule has 1 amide bonds. The summed E-state index contributed by atoms with van der Waals surface area (Å²) in [4.78, 5) is 21.3. The van der Waals surface area contributed by atoms with E-state index in [1.54, 1.807) is 0 Å². The second-order valence-corrected chi connectivity index (χ2v) is 9.59. The molecule has 1 aromatic carbocycles. The first-order chi connectivity index (χ1) is 14.2. The first kappa shape index (κ1) is 19.6. The van der Waals surface area contributed by atoms with Crippen LogP contribution in [0.2, 0.25) is 0 Å². The molecule has 1 aliphatic carbocycles. The van der Waals surface area contributed by atoms with E-state index in [9.17, 15) is 9.90 Å². The monoisotopic (exact) mass is 409 g/mol. The predicted molar refractivity (Wildman–Crippen MR) is 114 cm³/mol. The number of imidazole rings is 1. The molecule has 1 unspecified atom stereocenters. The number of carboxylic acid groups (broad SMARTS) is 1. The highest BCUT2D eigenvalue weighted by Gasteiger charge is 2.51. The van der Waals surface area contributed by atoms with Crippen LogP contribution in [0.4, 0.5) is 4.79 Å². The number of nitrogens with zero attached hydrogens (tertiary/aromatic N) is 2. The lowest BCUT2D eigenvalue weighted by Gasteiger charge is -2.32. The number of nitrogens with one attached hydrogen (secondary N) is 1. The number of likely N-dealkylation sites (tertiary alicyclic amines) is 1. The van der Waals surface area contributed by atoms with Crippen LogP contribution < -0.4 is 5.46 Å². The zero-order valence-electron chi connectivity index (χ0n) is 18.0. The topological polar surface area (TPSA) is 87.7 Å². The van der Waals surface area contributed by atoms with Crippen LogP contribution in [-0.4, -0.2) is 50.9 Å².